The summed E-state index contributed by atoms with van der Waals surface area (Å²) in [5.41, 5.74) is 4.96. The predicted molar refractivity (Wildman–Crippen MR) is 133 cm³/mol. The number of phenolic OH excluding ortho intramolecular Hbond substituents is 1. The van der Waals surface area contributed by atoms with E-state index in [4.69, 9.17) is 4.74 Å². The third-order valence-electron chi connectivity index (χ3n) is 4.70. The first kappa shape index (κ1) is 23.1. The molecule has 0 unspecified atom stereocenters. The maximum atomic E-state index is 12.4. The fraction of sp³-hybridized carbons (Fsp3) is 0.120. The Kier molecular flexibility index (Phi) is 7.56. The molecule has 0 bridgehead atoms. The highest BCUT2D eigenvalue weighted by Crippen LogP contribution is 2.28. The van der Waals surface area contributed by atoms with Crippen molar-refractivity contribution in [3.05, 3.63) is 84.4 Å². The quantitative estimate of drug-likeness (QED) is 0.214. The standard InChI is InChI=1S/C25H23N5O3S/c1-2-33-22-14-13-18(15-21(22)31)16-26-27-23(32)17-34-25-29-28-24(19-9-5-3-6-10-19)30(25)20-11-7-4-8-12-20/h3-16,31H,2,17H2,1H3,(H,27,32)/b26-16+. The van der Waals surface area contributed by atoms with E-state index in [0.29, 0.717) is 28.9 Å². The molecule has 0 fully saturated rings. The van der Waals surface area contributed by atoms with E-state index in [0.717, 1.165) is 11.3 Å². The largest absolute Gasteiger partial charge is 0.504 e. The average Bonchev–Trinajstić information content (AvgIpc) is 3.29. The summed E-state index contributed by atoms with van der Waals surface area (Å²) in [5, 5.41) is 23.2. The number of ether oxygens (including phenoxy) is 1. The summed E-state index contributed by atoms with van der Waals surface area (Å²) in [4.78, 5) is 12.4. The highest BCUT2D eigenvalue weighted by Gasteiger charge is 2.17. The summed E-state index contributed by atoms with van der Waals surface area (Å²) in [7, 11) is 0. The number of nitrogens with one attached hydrogen (secondary N) is 1. The van der Waals surface area contributed by atoms with Gasteiger partial charge in [0.25, 0.3) is 5.91 Å². The van der Waals surface area contributed by atoms with Gasteiger partial charge in [-0.15, -0.1) is 10.2 Å². The van der Waals surface area contributed by atoms with Gasteiger partial charge in [0.2, 0.25) is 0 Å². The Balaban J connectivity index is 1.43. The Morgan fingerprint density at radius 1 is 1.09 bits per heavy atom. The number of carbonyl (C=O) groups is 1. The van der Waals surface area contributed by atoms with E-state index in [-0.39, 0.29) is 17.4 Å². The summed E-state index contributed by atoms with van der Waals surface area (Å²) < 4.78 is 7.23. The van der Waals surface area contributed by atoms with Crippen molar-refractivity contribution in [1.82, 2.24) is 20.2 Å². The molecule has 172 valence electrons. The summed E-state index contributed by atoms with van der Waals surface area (Å²) in [6.45, 7) is 2.30. The smallest absolute Gasteiger partial charge is 0.250 e. The highest BCUT2D eigenvalue weighted by atomic mass is 32.2. The van der Waals surface area contributed by atoms with E-state index in [1.54, 1.807) is 12.1 Å². The van der Waals surface area contributed by atoms with Crippen molar-refractivity contribution >= 4 is 23.9 Å². The van der Waals surface area contributed by atoms with Gasteiger partial charge in [-0.05, 0) is 42.8 Å². The molecule has 1 amide bonds. The van der Waals surface area contributed by atoms with Crippen LogP contribution in [0, 0.1) is 0 Å². The molecule has 2 N–H and O–H groups in total. The van der Waals surface area contributed by atoms with Gasteiger partial charge < -0.3 is 9.84 Å². The van der Waals surface area contributed by atoms with Crippen LogP contribution < -0.4 is 10.2 Å². The molecule has 0 aliphatic rings. The number of hydrazone groups is 1. The molecule has 34 heavy (non-hydrogen) atoms. The van der Waals surface area contributed by atoms with Crippen LogP contribution in [0.15, 0.2) is 89.1 Å². The number of hydrogen-bond donors (Lipinski definition) is 2. The average molecular weight is 474 g/mol. The second-order valence-electron chi connectivity index (χ2n) is 7.09. The number of benzene rings is 3. The number of aromatic nitrogens is 3. The number of para-hydroxylation sites is 1. The Labute approximate surface area is 201 Å². The van der Waals surface area contributed by atoms with Crippen LogP contribution in [0.3, 0.4) is 0 Å². The molecule has 0 saturated carbocycles. The molecule has 4 rings (SSSR count). The Bertz CT molecular complexity index is 1280. The molecule has 0 atom stereocenters. The van der Waals surface area contributed by atoms with Gasteiger partial charge in [0.05, 0.1) is 18.6 Å². The summed E-state index contributed by atoms with van der Waals surface area (Å²) >= 11 is 1.27. The molecule has 4 aromatic rings. The second kappa shape index (κ2) is 11.2. The van der Waals surface area contributed by atoms with E-state index in [1.807, 2.05) is 72.2 Å². The lowest BCUT2D eigenvalue weighted by atomic mass is 10.2. The fourth-order valence-corrected chi connectivity index (χ4v) is 3.93. The molecule has 0 saturated heterocycles. The third-order valence-corrected chi connectivity index (χ3v) is 5.63. The van der Waals surface area contributed by atoms with Crippen LogP contribution in [0.1, 0.15) is 12.5 Å². The minimum atomic E-state index is -0.291. The van der Waals surface area contributed by atoms with Gasteiger partial charge in [-0.25, -0.2) is 5.43 Å². The monoisotopic (exact) mass is 473 g/mol. The van der Waals surface area contributed by atoms with E-state index in [9.17, 15) is 9.90 Å². The predicted octanol–water partition coefficient (Wildman–Crippen LogP) is 4.28. The minimum Gasteiger partial charge on any atom is -0.504 e. The van der Waals surface area contributed by atoms with Crippen LogP contribution in [0.2, 0.25) is 0 Å². The zero-order valence-corrected chi connectivity index (χ0v) is 19.3. The second-order valence-corrected chi connectivity index (χ2v) is 8.03. The van der Waals surface area contributed by atoms with Crippen LogP contribution in [0.25, 0.3) is 17.1 Å². The van der Waals surface area contributed by atoms with E-state index in [1.165, 1.54) is 24.0 Å². The van der Waals surface area contributed by atoms with Crippen molar-refractivity contribution in [3.8, 4) is 28.6 Å². The summed E-state index contributed by atoms with van der Waals surface area (Å²) in [6, 6.07) is 24.5. The normalized spacial score (nSPS) is 11.0. The minimum absolute atomic E-state index is 0.0159. The van der Waals surface area contributed by atoms with Gasteiger partial charge in [0, 0.05) is 11.3 Å². The molecule has 8 nitrogen and oxygen atoms in total. The Hall–Kier alpha value is -4.11. The topological polar surface area (TPSA) is 102 Å². The molecule has 1 aromatic heterocycles. The molecule has 0 spiro atoms. The Morgan fingerprint density at radius 3 is 2.53 bits per heavy atom. The summed E-state index contributed by atoms with van der Waals surface area (Å²) in [5.74, 6) is 0.925. The number of phenols is 1. The van der Waals surface area contributed by atoms with E-state index < -0.39 is 0 Å². The van der Waals surface area contributed by atoms with Gasteiger partial charge >= 0.3 is 0 Å². The number of aromatic hydroxyl groups is 1. The number of nitrogens with zero attached hydrogens (tertiary/aromatic N) is 4. The van der Waals surface area contributed by atoms with Crippen LogP contribution in [-0.2, 0) is 4.79 Å². The first-order chi connectivity index (χ1) is 16.7. The van der Waals surface area contributed by atoms with Crippen molar-refractivity contribution in [2.75, 3.05) is 12.4 Å². The number of hydrogen-bond acceptors (Lipinski definition) is 7. The zero-order chi connectivity index (χ0) is 23.8. The van der Waals surface area contributed by atoms with Crippen molar-refractivity contribution in [3.63, 3.8) is 0 Å². The SMILES string of the molecule is CCOc1ccc(/C=N/NC(=O)CSc2nnc(-c3ccccc3)n2-c2ccccc2)cc1O. The number of amides is 1. The molecule has 0 aliphatic heterocycles. The first-order valence-electron chi connectivity index (χ1n) is 10.6. The number of rotatable bonds is 9. The van der Waals surface area contributed by atoms with Crippen molar-refractivity contribution in [2.24, 2.45) is 5.10 Å². The fourth-order valence-electron chi connectivity index (χ4n) is 3.18. The van der Waals surface area contributed by atoms with Gasteiger partial charge in [-0.2, -0.15) is 5.10 Å². The van der Waals surface area contributed by atoms with Crippen molar-refractivity contribution in [2.45, 2.75) is 12.1 Å². The maximum Gasteiger partial charge on any atom is 0.250 e. The van der Waals surface area contributed by atoms with Crippen LogP contribution >= 0.6 is 11.8 Å². The van der Waals surface area contributed by atoms with Gasteiger partial charge in [-0.3, -0.25) is 9.36 Å². The highest BCUT2D eigenvalue weighted by molar-refractivity contribution is 7.99. The molecule has 1 heterocycles. The number of thioether (sulfide) groups is 1. The molecule has 0 aliphatic carbocycles. The van der Waals surface area contributed by atoms with Crippen molar-refractivity contribution in [1.29, 1.82) is 0 Å². The van der Waals surface area contributed by atoms with E-state index in [2.05, 4.69) is 20.7 Å². The van der Waals surface area contributed by atoms with Gasteiger partial charge in [-0.1, -0.05) is 60.3 Å². The third kappa shape index (κ3) is 5.62. The molecule has 9 heteroatoms. The molecular formula is C25H23N5O3S. The van der Waals surface area contributed by atoms with Crippen LogP contribution in [0.4, 0.5) is 0 Å². The summed E-state index contributed by atoms with van der Waals surface area (Å²) in [6.07, 6.45) is 1.46. The lowest BCUT2D eigenvalue weighted by molar-refractivity contribution is -0.118. The van der Waals surface area contributed by atoms with Crippen molar-refractivity contribution < 1.29 is 14.6 Å². The lowest BCUT2D eigenvalue weighted by Crippen LogP contribution is -2.20. The van der Waals surface area contributed by atoms with Gasteiger partial charge in [0.1, 0.15) is 0 Å². The lowest BCUT2D eigenvalue weighted by Gasteiger charge is -2.10. The number of carbonyl (C=O) groups excluding carboxylic acids is 1. The molecule has 0 radical (unpaired) electrons. The molecular weight excluding hydrogens is 450 g/mol. The first-order valence-corrected chi connectivity index (χ1v) is 11.6. The van der Waals surface area contributed by atoms with Crippen LogP contribution in [-0.4, -0.2) is 44.4 Å². The van der Waals surface area contributed by atoms with Gasteiger partial charge in [0.15, 0.2) is 22.5 Å². The molecule has 3 aromatic carbocycles. The maximum absolute atomic E-state index is 12.4. The Morgan fingerprint density at radius 2 is 1.82 bits per heavy atom. The zero-order valence-electron chi connectivity index (χ0n) is 18.5. The van der Waals surface area contributed by atoms with Crippen LogP contribution in [0.5, 0.6) is 11.5 Å². The van der Waals surface area contributed by atoms with E-state index >= 15 is 0 Å².